The molecule has 5 nitrogen and oxygen atoms in total. The Bertz CT molecular complexity index is 528. The van der Waals surface area contributed by atoms with E-state index in [1.807, 2.05) is 18.2 Å². The van der Waals surface area contributed by atoms with Crippen LogP contribution >= 0.6 is 0 Å². The molecule has 4 N–H and O–H groups in total. The normalized spacial score (nSPS) is 24.9. The first-order valence-corrected chi connectivity index (χ1v) is 7.09. The van der Waals surface area contributed by atoms with Crippen molar-refractivity contribution in [2.45, 2.75) is 18.4 Å². The van der Waals surface area contributed by atoms with E-state index in [-0.39, 0.29) is 5.91 Å². The third kappa shape index (κ3) is 2.07. The molecule has 0 bridgehead atoms. The van der Waals surface area contributed by atoms with Gasteiger partial charge in [0.25, 0.3) is 0 Å². The van der Waals surface area contributed by atoms with Crippen LogP contribution in [0, 0.1) is 5.92 Å². The van der Waals surface area contributed by atoms with Gasteiger partial charge in [0, 0.05) is 25.6 Å². The zero-order valence-corrected chi connectivity index (χ0v) is 11.7. The topological polar surface area (TPSA) is 76.4 Å². The number of rotatable bonds is 4. The van der Waals surface area contributed by atoms with Gasteiger partial charge in [0.15, 0.2) is 0 Å². The van der Waals surface area contributed by atoms with Gasteiger partial charge < -0.3 is 21.1 Å². The van der Waals surface area contributed by atoms with Gasteiger partial charge in [-0.25, -0.2) is 0 Å². The second kappa shape index (κ2) is 5.07. The summed E-state index contributed by atoms with van der Waals surface area (Å²) in [5.41, 5.74) is 7.46. The van der Waals surface area contributed by atoms with Crippen LogP contribution in [-0.4, -0.2) is 32.7 Å². The number of methoxy groups -OCH3 is 1. The molecular formula is C15H21N3O2. The second-order valence-corrected chi connectivity index (χ2v) is 5.69. The van der Waals surface area contributed by atoms with Crippen LogP contribution in [0.15, 0.2) is 18.2 Å². The van der Waals surface area contributed by atoms with Gasteiger partial charge in [-0.15, -0.1) is 0 Å². The average molecular weight is 275 g/mol. The van der Waals surface area contributed by atoms with Gasteiger partial charge in [-0.3, -0.25) is 4.79 Å². The Morgan fingerprint density at radius 3 is 3.00 bits per heavy atom. The third-order valence-corrected chi connectivity index (χ3v) is 4.43. The van der Waals surface area contributed by atoms with Crippen LogP contribution in [0.25, 0.3) is 0 Å². The molecule has 1 aliphatic heterocycles. The zero-order valence-electron chi connectivity index (χ0n) is 11.7. The van der Waals surface area contributed by atoms with Crippen molar-refractivity contribution in [1.82, 2.24) is 10.6 Å². The summed E-state index contributed by atoms with van der Waals surface area (Å²) in [5.74, 6) is 1.29. The van der Waals surface area contributed by atoms with Crippen LogP contribution in [0.2, 0.25) is 0 Å². The number of hydrogen-bond acceptors (Lipinski definition) is 4. The molecule has 3 rings (SSSR count). The smallest absolute Gasteiger partial charge is 0.244 e. The largest absolute Gasteiger partial charge is 0.496 e. The quantitative estimate of drug-likeness (QED) is 0.730. The van der Waals surface area contributed by atoms with Gasteiger partial charge >= 0.3 is 0 Å². The van der Waals surface area contributed by atoms with E-state index >= 15 is 0 Å². The van der Waals surface area contributed by atoms with Crippen LogP contribution in [0.1, 0.15) is 17.5 Å². The van der Waals surface area contributed by atoms with Gasteiger partial charge in [0.05, 0.1) is 7.11 Å². The molecule has 1 aromatic rings. The fraction of sp³-hybridized carbons (Fsp3) is 0.533. The van der Waals surface area contributed by atoms with Crippen molar-refractivity contribution in [2.24, 2.45) is 11.7 Å². The van der Waals surface area contributed by atoms with Crippen molar-refractivity contribution in [3.8, 4) is 5.75 Å². The number of carbonyl (C=O) groups is 1. The van der Waals surface area contributed by atoms with Gasteiger partial charge in [-0.2, -0.15) is 0 Å². The predicted molar refractivity (Wildman–Crippen MR) is 76.5 cm³/mol. The highest BCUT2D eigenvalue weighted by atomic mass is 16.5. The summed E-state index contributed by atoms with van der Waals surface area (Å²) >= 11 is 0. The standard InChI is InChI=1S/C15H21N3O2/c1-20-13-4-2-3-12-11(13)5-6-15(12,16)14(19)18-9-10-7-17-8-10/h2-4,10,17H,5-9,16H2,1H3,(H,18,19). The molecule has 20 heavy (non-hydrogen) atoms. The molecule has 1 aliphatic carbocycles. The Morgan fingerprint density at radius 2 is 2.35 bits per heavy atom. The van der Waals surface area contributed by atoms with Gasteiger partial charge in [0.1, 0.15) is 11.3 Å². The first kappa shape index (κ1) is 13.4. The number of nitrogens with two attached hydrogens (primary N) is 1. The lowest BCUT2D eigenvalue weighted by Crippen LogP contribution is -2.54. The fourth-order valence-electron chi connectivity index (χ4n) is 3.01. The Balaban J connectivity index is 1.78. The Morgan fingerprint density at radius 1 is 1.55 bits per heavy atom. The molecule has 1 amide bonds. The van der Waals surface area contributed by atoms with E-state index in [1.165, 1.54) is 0 Å². The number of ether oxygens (including phenoxy) is 1. The van der Waals surface area contributed by atoms with Crippen molar-refractivity contribution < 1.29 is 9.53 Å². The molecule has 1 saturated heterocycles. The number of benzene rings is 1. The highest BCUT2D eigenvalue weighted by molar-refractivity contribution is 5.89. The van der Waals surface area contributed by atoms with E-state index in [0.717, 1.165) is 36.4 Å². The number of nitrogens with one attached hydrogen (secondary N) is 2. The molecule has 1 aromatic carbocycles. The van der Waals surface area contributed by atoms with Crippen LogP contribution in [0.5, 0.6) is 5.75 Å². The minimum absolute atomic E-state index is 0.0728. The maximum atomic E-state index is 12.5. The lowest BCUT2D eigenvalue weighted by atomic mass is 9.91. The third-order valence-electron chi connectivity index (χ3n) is 4.43. The van der Waals surface area contributed by atoms with Gasteiger partial charge in [-0.1, -0.05) is 12.1 Å². The summed E-state index contributed by atoms with van der Waals surface area (Å²) in [6.07, 6.45) is 1.42. The molecule has 1 heterocycles. The van der Waals surface area contributed by atoms with E-state index in [9.17, 15) is 4.79 Å². The lowest BCUT2D eigenvalue weighted by molar-refractivity contribution is -0.126. The minimum Gasteiger partial charge on any atom is -0.496 e. The molecular weight excluding hydrogens is 254 g/mol. The molecule has 5 heteroatoms. The van der Waals surface area contributed by atoms with E-state index < -0.39 is 5.54 Å². The van der Waals surface area contributed by atoms with Crippen LogP contribution in [-0.2, 0) is 16.8 Å². The number of fused-ring (bicyclic) bond motifs is 1. The van der Waals surface area contributed by atoms with Crippen LogP contribution < -0.4 is 21.1 Å². The minimum atomic E-state index is -0.916. The average Bonchev–Trinajstić information content (AvgIpc) is 2.76. The van der Waals surface area contributed by atoms with Gasteiger partial charge in [0.2, 0.25) is 5.91 Å². The summed E-state index contributed by atoms with van der Waals surface area (Å²) in [6, 6.07) is 5.76. The molecule has 1 fully saturated rings. The molecule has 108 valence electrons. The molecule has 0 spiro atoms. The maximum Gasteiger partial charge on any atom is 0.244 e. The first-order chi connectivity index (χ1) is 9.65. The van der Waals surface area contributed by atoms with E-state index in [0.29, 0.717) is 18.9 Å². The number of hydrogen-bond donors (Lipinski definition) is 3. The molecule has 0 saturated carbocycles. The van der Waals surface area contributed by atoms with Crippen molar-refractivity contribution in [1.29, 1.82) is 0 Å². The van der Waals surface area contributed by atoms with E-state index in [4.69, 9.17) is 10.5 Å². The summed E-state index contributed by atoms with van der Waals surface area (Å²) in [5, 5.41) is 6.20. The van der Waals surface area contributed by atoms with Gasteiger partial charge in [-0.05, 0) is 30.0 Å². The monoisotopic (exact) mass is 275 g/mol. The Hall–Kier alpha value is -1.59. The molecule has 1 atom stereocenters. The summed E-state index contributed by atoms with van der Waals surface area (Å²) in [6.45, 7) is 2.65. The zero-order chi connectivity index (χ0) is 14.2. The molecule has 1 unspecified atom stereocenters. The predicted octanol–water partition coefficient (Wildman–Crippen LogP) is 0.131. The molecule has 2 aliphatic rings. The Kier molecular flexibility index (Phi) is 3.40. The summed E-state index contributed by atoms with van der Waals surface area (Å²) in [7, 11) is 1.65. The highest BCUT2D eigenvalue weighted by Crippen LogP contribution is 2.39. The maximum absolute atomic E-state index is 12.5. The molecule has 0 aromatic heterocycles. The van der Waals surface area contributed by atoms with E-state index in [2.05, 4.69) is 10.6 Å². The second-order valence-electron chi connectivity index (χ2n) is 5.69. The number of carbonyl (C=O) groups excluding carboxylic acids is 1. The first-order valence-electron chi connectivity index (χ1n) is 7.09. The fourth-order valence-corrected chi connectivity index (χ4v) is 3.01. The number of amides is 1. The Labute approximate surface area is 118 Å². The van der Waals surface area contributed by atoms with Crippen molar-refractivity contribution in [2.75, 3.05) is 26.7 Å². The van der Waals surface area contributed by atoms with Crippen LogP contribution in [0.3, 0.4) is 0 Å². The SMILES string of the molecule is COc1cccc2c1CCC2(N)C(=O)NCC1CNC1. The summed E-state index contributed by atoms with van der Waals surface area (Å²) in [4.78, 5) is 12.5. The summed E-state index contributed by atoms with van der Waals surface area (Å²) < 4.78 is 5.36. The van der Waals surface area contributed by atoms with E-state index in [1.54, 1.807) is 7.11 Å². The lowest BCUT2D eigenvalue weighted by Gasteiger charge is -2.30. The van der Waals surface area contributed by atoms with Crippen LogP contribution in [0.4, 0.5) is 0 Å². The van der Waals surface area contributed by atoms with Crippen molar-refractivity contribution in [3.05, 3.63) is 29.3 Å². The van der Waals surface area contributed by atoms with Crippen molar-refractivity contribution in [3.63, 3.8) is 0 Å². The highest BCUT2D eigenvalue weighted by Gasteiger charge is 2.43. The molecule has 0 radical (unpaired) electrons. The van der Waals surface area contributed by atoms with Crippen molar-refractivity contribution >= 4 is 5.91 Å².